The molecule has 7 aromatic carbocycles. The van der Waals surface area contributed by atoms with Crippen LogP contribution >= 0.6 is 0 Å². The zero-order chi connectivity index (χ0) is 44.3. The highest BCUT2D eigenvalue weighted by Crippen LogP contribution is 2.50. The zero-order valence-corrected chi connectivity index (χ0v) is 37.3. The van der Waals surface area contributed by atoms with Gasteiger partial charge in [0.05, 0.1) is 6.04 Å². The fraction of sp³-hybridized carbons (Fsp3) is 0.127. The van der Waals surface area contributed by atoms with Crippen LogP contribution in [-0.4, -0.2) is 21.0 Å². The van der Waals surface area contributed by atoms with Crippen LogP contribution in [0.15, 0.2) is 200 Å². The van der Waals surface area contributed by atoms with E-state index in [0.717, 1.165) is 54.6 Å². The average molecular weight is 861 g/mol. The lowest BCUT2D eigenvalue weighted by Crippen LogP contribution is -2.29. The van der Waals surface area contributed by atoms with Crippen LogP contribution in [0.4, 0.5) is 11.4 Å². The summed E-state index contributed by atoms with van der Waals surface area (Å²) in [6.07, 6.45) is 28.3. The van der Waals surface area contributed by atoms with Gasteiger partial charge in [-0.1, -0.05) is 182 Å². The quantitative estimate of drug-likeness (QED) is 0.160. The Bertz CT molecular complexity index is 3440. The summed E-state index contributed by atoms with van der Waals surface area (Å²) in [6, 6.07) is 55.5. The fourth-order valence-electron chi connectivity index (χ4n) is 11.3. The molecule has 3 atom stereocenters. The van der Waals surface area contributed by atoms with Crippen LogP contribution in [0.25, 0.3) is 68.0 Å². The molecule has 4 nitrogen and oxygen atoms in total. The summed E-state index contributed by atoms with van der Waals surface area (Å²) >= 11 is 0. The van der Waals surface area contributed by atoms with Crippen molar-refractivity contribution in [2.75, 3.05) is 4.90 Å². The average Bonchev–Trinajstić information content (AvgIpc) is 3.75. The molecule has 4 aliphatic carbocycles. The minimum atomic E-state index is 0.162. The van der Waals surface area contributed by atoms with Gasteiger partial charge in [-0.3, -0.25) is 0 Å². The number of para-hydroxylation sites is 1. The first-order chi connectivity index (χ1) is 33.2. The number of hydrogen-bond donors (Lipinski definition) is 0. The maximum absolute atomic E-state index is 5.15. The van der Waals surface area contributed by atoms with Crippen LogP contribution in [0.5, 0.6) is 0 Å². The number of aromatic nitrogens is 3. The topological polar surface area (TPSA) is 41.9 Å². The Morgan fingerprint density at radius 3 is 2.07 bits per heavy atom. The van der Waals surface area contributed by atoms with Crippen LogP contribution in [-0.2, 0) is 6.42 Å². The zero-order valence-electron chi connectivity index (χ0n) is 37.3. The highest BCUT2D eigenvalue weighted by Gasteiger charge is 2.38. The highest BCUT2D eigenvalue weighted by molar-refractivity contribution is 6.01. The lowest BCUT2D eigenvalue weighted by atomic mass is 9.74. The van der Waals surface area contributed by atoms with Gasteiger partial charge in [0.15, 0.2) is 17.5 Å². The normalized spacial score (nSPS) is 18.8. The van der Waals surface area contributed by atoms with Crippen LogP contribution in [0.3, 0.4) is 0 Å². The molecule has 13 rings (SSSR count). The summed E-state index contributed by atoms with van der Waals surface area (Å²) in [5.41, 5.74) is 19.0. The van der Waals surface area contributed by atoms with Crippen LogP contribution in [0.2, 0.25) is 0 Å². The van der Waals surface area contributed by atoms with E-state index in [1.54, 1.807) is 0 Å². The van der Waals surface area contributed by atoms with Gasteiger partial charge in [0.2, 0.25) is 0 Å². The van der Waals surface area contributed by atoms with Gasteiger partial charge in [-0.05, 0) is 134 Å². The van der Waals surface area contributed by atoms with Gasteiger partial charge in [-0.2, -0.15) is 0 Å². The van der Waals surface area contributed by atoms with Gasteiger partial charge in [-0.25, -0.2) is 15.0 Å². The molecular formula is C63H48N4. The predicted octanol–water partition coefficient (Wildman–Crippen LogP) is 15.5. The van der Waals surface area contributed by atoms with E-state index in [1.807, 2.05) is 18.2 Å². The second kappa shape index (κ2) is 16.5. The Kier molecular flexibility index (Phi) is 9.70. The van der Waals surface area contributed by atoms with Crippen LogP contribution in [0.1, 0.15) is 82.3 Å². The van der Waals surface area contributed by atoms with Crippen molar-refractivity contribution in [3.8, 4) is 33.9 Å². The Morgan fingerprint density at radius 2 is 1.24 bits per heavy atom. The number of fused-ring (bicyclic) bond motifs is 9. The van der Waals surface area contributed by atoms with E-state index in [4.69, 9.17) is 15.0 Å². The molecule has 1 aromatic heterocycles. The third kappa shape index (κ3) is 6.94. The standard InChI is InChI=1S/C63H48N4/c1-4-16-41(17-5-1)42-30-34-49(35-31-42)67-58-29-13-12-26-53(58)54-36-32-46(40-59(54)67)45-33-37-56-57(39-45)52-25-11-10-24-51(52)55-28-15-27-50(60(55)56)47-22-14-23-48(38-47)63-65-61(43-18-6-2-7-19-43)64-62(66-63)44-20-8-3-9-21-44/h1-8,11-20,22-23,25-26,28-40,50,54,59H,9-10,21,24,27H2. The maximum Gasteiger partial charge on any atom is 0.164 e. The molecule has 5 aliphatic rings. The summed E-state index contributed by atoms with van der Waals surface area (Å²) in [5, 5.41) is 2.67. The molecule has 0 bridgehead atoms. The predicted molar refractivity (Wildman–Crippen MR) is 278 cm³/mol. The summed E-state index contributed by atoms with van der Waals surface area (Å²) in [4.78, 5) is 17.8. The lowest BCUT2D eigenvalue weighted by molar-refractivity contribution is 0.747. The number of hydrogen-bond acceptors (Lipinski definition) is 4. The van der Waals surface area contributed by atoms with Crippen LogP contribution in [0, 0.1) is 0 Å². The van der Waals surface area contributed by atoms with E-state index in [2.05, 4.69) is 199 Å². The first-order valence-electron chi connectivity index (χ1n) is 23.9. The van der Waals surface area contributed by atoms with Gasteiger partial charge in [0, 0.05) is 34.3 Å². The van der Waals surface area contributed by atoms with E-state index in [1.165, 1.54) is 77.8 Å². The number of benzene rings is 7. The third-order valence-corrected chi connectivity index (χ3v) is 14.5. The lowest BCUT2D eigenvalue weighted by Gasteiger charge is -2.31. The van der Waals surface area contributed by atoms with Crippen molar-refractivity contribution in [3.05, 3.63) is 245 Å². The summed E-state index contributed by atoms with van der Waals surface area (Å²) in [7, 11) is 0. The molecule has 0 amide bonds. The minimum Gasteiger partial charge on any atom is -0.333 e. The first-order valence-corrected chi connectivity index (χ1v) is 23.9. The summed E-state index contributed by atoms with van der Waals surface area (Å²) in [6.45, 7) is 0. The summed E-state index contributed by atoms with van der Waals surface area (Å²) in [5.74, 6) is 2.62. The number of rotatable bonds is 7. The Morgan fingerprint density at radius 1 is 0.522 bits per heavy atom. The monoisotopic (exact) mass is 860 g/mol. The SMILES string of the molecule is C1=CCCC(c2nc(-c3ccccc3)nc(-c3cccc(C4CC=Cc5c6c(c7cc(C8=CC9C(C=C8)c8ccccc8N9c8ccc(-c9ccccc9)cc8)ccc7c54)C=CCC6)c3)n2)=C1. The van der Waals surface area contributed by atoms with Crippen molar-refractivity contribution in [3.63, 3.8) is 0 Å². The van der Waals surface area contributed by atoms with Gasteiger partial charge in [-0.15, -0.1) is 0 Å². The van der Waals surface area contributed by atoms with E-state index in [0.29, 0.717) is 11.6 Å². The largest absolute Gasteiger partial charge is 0.333 e. The second-order valence-electron chi connectivity index (χ2n) is 18.4. The minimum absolute atomic E-state index is 0.162. The van der Waals surface area contributed by atoms with Crippen molar-refractivity contribution in [2.45, 2.75) is 50.0 Å². The molecule has 320 valence electrons. The molecule has 8 aromatic rings. The van der Waals surface area contributed by atoms with Gasteiger partial charge < -0.3 is 4.90 Å². The molecule has 0 spiro atoms. The molecule has 0 N–H and O–H groups in total. The van der Waals surface area contributed by atoms with Crippen LogP contribution < -0.4 is 4.90 Å². The molecule has 0 saturated heterocycles. The Labute approximate surface area is 392 Å². The number of anilines is 2. The van der Waals surface area contributed by atoms with Gasteiger partial charge in [0.1, 0.15) is 0 Å². The second-order valence-corrected chi connectivity index (χ2v) is 18.4. The fourth-order valence-corrected chi connectivity index (χ4v) is 11.3. The first kappa shape index (κ1) is 39.4. The molecule has 0 fully saturated rings. The molecular weight excluding hydrogens is 813 g/mol. The van der Waals surface area contributed by atoms with Gasteiger partial charge in [0.25, 0.3) is 0 Å². The van der Waals surface area contributed by atoms with Crippen molar-refractivity contribution in [2.24, 2.45) is 0 Å². The molecule has 1 aliphatic heterocycles. The van der Waals surface area contributed by atoms with Gasteiger partial charge >= 0.3 is 0 Å². The van der Waals surface area contributed by atoms with Crippen molar-refractivity contribution in [1.82, 2.24) is 15.0 Å². The molecule has 2 heterocycles. The Balaban J connectivity index is 0.893. The van der Waals surface area contributed by atoms with E-state index in [-0.39, 0.29) is 17.9 Å². The van der Waals surface area contributed by atoms with E-state index >= 15 is 0 Å². The molecule has 0 saturated carbocycles. The van der Waals surface area contributed by atoms with E-state index < -0.39 is 0 Å². The molecule has 4 heteroatoms. The smallest absolute Gasteiger partial charge is 0.164 e. The maximum atomic E-state index is 5.15. The molecule has 67 heavy (non-hydrogen) atoms. The van der Waals surface area contributed by atoms with Crippen molar-refractivity contribution < 1.29 is 0 Å². The number of allylic oxidation sites excluding steroid dienone is 8. The van der Waals surface area contributed by atoms with E-state index in [9.17, 15) is 0 Å². The molecule has 3 unspecified atom stereocenters. The highest BCUT2D eigenvalue weighted by atomic mass is 15.2. The third-order valence-electron chi connectivity index (χ3n) is 14.5. The molecule has 0 radical (unpaired) electrons. The van der Waals surface area contributed by atoms with Crippen molar-refractivity contribution in [1.29, 1.82) is 0 Å². The Hall–Kier alpha value is -7.95. The number of nitrogens with zero attached hydrogens (tertiary/aromatic N) is 4. The summed E-state index contributed by atoms with van der Waals surface area (Å²) < 4.78 is 0. The van der Waals surface area contributed by atoms with Crippen molar-refractivity contribution >= 4 is 45.4 Å².